The Morgan fingerprint density at radius 2 is 1.85 bits per heavy atom. The second-order valence-electron chi connectivity index (χ2n) is 9.50. The minimum Gasteiger partial charge on any atom is -0.384 e. The number of fused-ring (bicyclic) bond motifs is 3. The normalized spacial score (nSPS) is 26.8. The van der Waals surface area contributed by atoms with E-state index in [1.54, 1.807) is 6.07 Å². The molecule has 1 atom stereocenters. The largest absolute Gasteiger partial charge is 0.384 e. The van der Waals surface area contributed by atoms with Gasteiger partial charge in [-0.2, -0.15) is 0 Å². The van der Waals surface area contributed by atoms with Crippen LogP contribution >= 0.6 is 0 Å². The highest BCUT2D eigenvalue weighted by Gasteiger charge is 2.42. The molecule has 4 aliphatic rings. The lowest BCUT2D eigenvalue weighted by atomic mass is 9.79. The van der Waals surface area contributed by atoms with E-state index in [-0.39, 0.29) is 23.6 Å². The van der Waals surface area contributed by atoms with Crippen LogP contribution < -0.4 is 21.3 Å². The molecule has 4 fully saturated rings. The lowest BCUT2D eigenvalue weighted by molar-refractivity contribution is -0.127. The fourth-order valence-electron chi connectivity index (χ4n) is 5.67. The molecule has 0 radical (unpaired) electrons. The first kappa shape index (κ1) is 21.6. The zero-order valence-corrected chi connectivity index (χ0v) is 18.8. The van der Waals surface area contributed by atoms with Crippen LogP contribution in [-0.4, -0.2) is 30.2 Å². The van der Waals surface area contributed by atoms with E-state index in [1.165, 1.54) is 0 Å². The third kappa shape index (κ3) is 3.91. The number of amidine groups is 1. The van der Waals surface area contributed by atoms with Crippen LogP contribution in [0.2, 0.25) is 0 Å². The summed E-state index contributed by atoms with van der Waals surface area (Å²) in [6.07, 6.45) is 6.78. The van der Waals surface area contributed by atoms with Gasteiger partial charge in [-0.25, -0.2) is 0 Å². The van der Waals surface area contributed by atoms with Crippen molar-refractivity contribution in [3.05, 3.63) is 59.7 Å². The number of nitrogens with one attached hydrogen (secondary N) is 3. The number of nitrogens with two attached hydrogens (primary N) is 1. The van der Waals surface area contributed by atoms with Crippen molar-refractivity contribution < 1.29 is 9.59 Å². The maximum Gasteiger partial charge on any atom is 0.249 e. The number of nitrogen functional groups attached to an aromatic ring is 1. The van der Waals surface area contributed by atoms with E-state index < -0.39 is 5.54 Å². The predicted molar refractivity (Wildman–Crippen MR) is 129 cm³/mol. The molecule has 172 valence electrons. The number of piperidine rings is 3. The lowest BCUT2D eigenvalue weighted by Gasteiger charge is -2.44. The SMILES string of the molecule is N=C(N)c1cccc(C2(C(=O)Nc3ccc(N4C(=O)C5CCC4CC5)cc3)CCCCN2)c1. The summed E-state index contributed by atoms with van der Waals surface area (Å²) in [5.41, 5.74) is 7.86. The van der Waals surface area contributed by atoms with Crippen molar-refractivity contribution in [3.8, 4) is 0 Å². The van der Waals surface area contributed by atoms with E-state index in [0.29, 0.717) is 23.7 Å². The molecular formula is C26H31N5O2. The summed E-state index contributed by atoms with van der Waals surface area (Å²) in [5.74, 6) is 0.269. The number of hydrogen-bond acceptors (Lipinski definition) is 4. The van der Waals surface area contributed by atoms with Gasteiger partial charge in [0.2, 0.25) is 11.8 Å². The first-order valence-corrected chi connectivity index (χ1v) is 11.9. The molecule has 33 heavy (non-hydrogen) atoms. The summed E-state index contributed by atoms with van der Waals surface area (Å²) in [6, 6.07) is 15.3. The zero-order valence-electron chi connectivity index (χ0n) is 18.8. The summed E-state index contributed by atoms with van der Waals surface area (Å²) in [7, 11) is 0. The molecule has 5 N–H and O–H groups in total. The van der Waals surface area contributed by atoms with Gasteiger partial charge in [0.15, 0.2) is 0 Å². The van der Waals surface area contributed by atoms with Crippen molar-refractivity contribution in [3.63, 3.8) is 0 Å². The number of hydrogen-bond donors (Lipinski definition) is 4. The molecule has 1 saturated carbocycles. The predicted octanol–water partition coefficient (Wildman–Crippen LogP) is 3.48. The molecule has 2 aromatic carbocycles. The highest BCUT2D eigenvalue weighted by atomic mass is 16.2. The van der Waals surface area contributed by atoms with Gasteiger partial charge in [-0.15, -0.1) is 0 Å². The van der Waals surface area contributed by atoms with Gasteiger partial charge in [0.05, 0.1) is 0 Å². The molecule has 2 amide bonds. The van der Waals surface area contributed by atoms with E-state index in [0.717, 1.165) is 56.3 Å². The third-order valence-electron chi connectivity index (χ3n) is 7.51. The summed E-state index contributed by atoms with van der Waals surface area (Å²) in [5, 5.41) is 14.3. The molecule has 7 nitrogen and oxygen atoms in total. The molecule has 1 unspecified atom stereocenters. The number of amides is 2. The molecule has 3 aliphatic heterocycles. The van der Waals surface area contributed by atoms with Gasteiger partial charge in [-0.05, 0) is 87.4 Å². The Morgan fingerprint density at radius 3 is 2.48 bits per heavy atom. The van der Waals surface area contributed by atoms with E-state index in [9.17, 15) is 9.59 Å². The molecule has 0 aromatic heterocycles. The lowest BCUT2D eigenvalue weighted by Crippen LogP contribution is -2.54. The highest BCUT2D eigenvalue weighted by Crippen LogP contribution is 2.39. The van der Waals surface area contributed by atoms with Gasteiger partial charge in [0.1, 0.15) is 11.4 Å². The van der Waals surface area contributed by atoms with Gasteiger partial charge < -0.3 is 16.0 Å². The molecule has 6 rings (SSSR count). The van der Waals surface area contributed by atoms with Gasteiger partial charge in [-0.3, -0.25) is 20.3 Å². The van der Waals surface area contributed by atoms with Gasteiger partial charge in [-0.1, -0.05) is 18.2 Å². The standard InChI is InChI=1S/C26H31N5O2/c27-23(28)18-4-3-5-19(16-18)26(14-1-2-15-29-26)25(33)30-20-8-12-22(13-9-20)31-21-10-6-17(7-11-21)24(31)32/h3-5,8-9,12-13,16-17,21,29H,1-2,6-7,10-11,14-15H2,(H3,27,28)(H,30,33). The minimum absolute atomic E-state index is 0.0141. The number of carbonyl (C=O) groups is 2. The van der Waals surface area contributed by atoms with Crippen molar-refractivity contribution in [2.45, 2.75) is 56.5 Å². The first-order chi connectivity index (χ1) is 16.0. The van der Waals surface area contributed by atoms with Crippen LogP contribution in [0.15, 0.2) is 48.5 Å². The fourth-order valence-corrected chi connectivity index (χ4v) is 5.67. The average molecular weight is 446 g/mol. The van der Waals surface area contributed by atoms with Crippen LogP contribution in [0.1, 0.15) is 56.1 Å². The van der Waals surface area contributed by atoms with Crippen molar-refractivity contribution in [2.24, 2.45) is 11.7 Å². The highest BCUT2D eigenvalue weighted by molar-refractivity contribution is 6.01. The third-order valence-corrected chi connectivity index (χ3v) is 7.51. The van der Waals surface area contributed by atoms with E-state index >= 15 is 0 Å². The van der Waals surface area contributed by atoms with Crippen molar-refractivity contribution in [2.75, 3.05) is 16.8 Å². The minimum atomic E-state index is -0.871. The summed E-state index contributed by atoms with van der Waals surface area (Å²) in [4.78, 5) is 28.3. The topological polar surface area (TPSA) is 111 Å². The smallest absolute Gasteiger partial charge is 0.249 e. The Kier molecular flexibility index (Phi) is 5.66. The van der Waals surface area contributed by atoms with E-state index in [1.807, 2.05) is 47.4 Å². The molecule has 3 heterocycles. The average Bonchev–Trinajstić information content (AvgIpc) is 2.86. The first-order valence-electron chi connectivity index (χ1n) is 11.9. The Labute approximate surface area is 194 Å². The number of carbonyl (C=O) groups excluding carboxylic acids is 2. The number of benzene rings is 2. The molecule has 3 saturated heterocycles. The Morgan fingerprint density at radius 1 is 1.09 bits per heavy atom. The number of nitrogens with zero attached hydrogens (tertiary/aromatic N) is 1. The Hall–Kier alpha value is -3.19. The van der Waals surface area contributed by atoms with Crippen molar-refractivity contribution in [1.29, 1.82) is 5.41 Å². The summed E-state index contributed by atoms with van der Waals surface area (Å²) < 4.78 is 0. The quantitative estimate of drug-likeness (QED) is 0.417. The zero-order chi connectivity index (χ0) is 23.0. The maximum absolute atomic E-state index is 13.6. The van der Waals surface area contributed by atoms with Gasteiger partial charge in [0, 0.05) is 28.9 Å². The molecule has 2 bridgehead atoms. The van der Waals surface area contributed by atoms with Gasteiger partial charge >= 0.3 is 0 Å². The van der Waals surface area contributed by atoms with Crippen LogP contribution in [0.5, 0.6) is 0 Å². The van der Waals surface area contributed by atoms with Crippen LogP contribution in [0.3, 0.4) is 0 Å². The Balaban J connectivity index is 1.37. The molecule has 7 heteroatoms. The van der Waals surface area contributed by atoms with Crippen LogP contribution in [-0.2, 0) is 15.1 Å². The fraction of sp³-hybridized carbons (Fsp3) is 0.423. The molecule has 2 aromatic rings. The second kappa shape index (κ2) is 8.63. The van der Waals surface area contributed by atoms with Gasteiger partial charge in [0.25, 0.3) is 0 Å². The van der Waals surface area contributed by atoms with E-state index in [2.05, 4.69) is 10.6 Å². The van der Waals surface area contributed by atoms with Crippen molar-refractivity contribution >= 4 is 29.0 Å². The molecule has 1 aliphatic carbocycles. The number of rotatable bonds is 5. The van der Waals surface area contributed by atoms with Crippen LogP contribution in [0.25, 0.3) is 0 Å². The van der Waals surface area contributed by atoms with Crippen molar-refractivity contribution in [1.82, 2.24) is 5.32 Å². The molecular weight excluding hydrogens is 414 g/mol. The second-order valence-corrected chi connectivity index (χ2v) is 9.50. The Bertz CT molecular complexity index is 1070. The molecule has 0 spiro atoms. The van der Waals surface area contributed by atoms with Crippen LogP contribution in [0.4, 0.5) is 11.4 Å². The number of anilines is 2. The maximum atomic E-state index is 13.6. The van der Waals surface area contributed by atoms with Crippen LogP contribution in [0, 0.1) is 11.3 Å². The summed E-state index contributed by atoms with van der Waals surface area (Å²) in [6.45, 7) is 0.746. The monoisotopic (exact) mass is 445 g/mol. The van der Waals surface area contributed by atoms with E-state index in [4.69, 9.17) is 11.1 Å². The summed E-state index contributed by atoms with van der Waals surface area (Å²) >= 11 is 0.